The third-order valence-electron chi connectivity index (χ3n) is 8.11. The first kappa shape index (κ1) is 29.5. The van der Waals surface area contributed by atoms with E-state index >= 15 is 0 Å². The minimum Gasteiger partial charge on any atom is -0.508 e. The molecule has 2 aliphatic rings. The van der Waals surface area contributed by atoms with Gasteiger partial charge in [-0.25, -0.2) is 9.37 Å². The number of nitrogens with zero attached hydrogens (tertiary/aromatic N) is 4. The van der Waals surface area contributed by atoms with Crippen molar-refractivity contribution in [3.8, 4) is 17.6 Å². The molecule has 2 aliphatic heterocycles. The number of hydrogen-bond acceptors (Lipinski definition) is 7. The maximum absolute atomic E-state index is 14.3. The van der Waals surface area contributed by atoms with Crippen LogP contribution in [0.1, 0.15) is 51.1 Å². The lowest BCUT2D eigenvalue weighted by molar-refractivity contribution is -0.120. The average molecular weight is 610 g/mol. The van der Waals surface area contributed by atoms with Crippen LogP contribution in [0.4, 0.5) is 9.52 Å². The Kier molecular flexibility index (Phi) is 8.70. The first-order valence-corrected chi connectivity index (χ1v) is 15.4. The summed E-state index contributed by atoms with van der Waals surface area (Å²) in [7, 11) is 0. The first-order valence-electron chi connectivity index (χ1n) is 14.6. The summed E-state index contributed by atoms with van der Waals surface area (Å²) in [5.74, 6) is 4.61. The van der Waals surface area contributed by atoms with Gasteiger partial charge in [-0.15, -0.1) is 11.3 Å². The molecule has 0 aliphatic carbocycles. The molecular formula is C34H32FN5O3S. The van der Waals surface area contributed by atoms with Crippen molar-refractivity contribution in [3.05, 3.63) is 111 Å². The molecule has 1 aromatic heterocycles. The lowest BCUT2D eigenvalue weighted by Crippen LogP contribution is -2.45. The van der Waals surface area contributed by atoms with E-state index in [1.54, 1.807) is 17.6 Å². The van der Waals surface area contributed by atoms with E-state index in [0.717, 1.165) is 68.1 Å². The van der Waals surface area contributed by atoms with Crippen LogP contribution in [-0.2, 0) is 17.9 Å². The molecule has 0 saturated carbocycles. The van der Waals surface area contributed by atoms with Crippen LogP contribution in [0.2, 0.25) is 0 Å². The Morgan fingerprint density at radius 2 is 1.86 bits per heavy atom. The number of anilines is 1. The fraction of sp³-hybridized carbons (Fsp3) is 0.265. The molecule has 1 fully saturated rings. The van der Waals surface area contributed by atoms with Crippen LogP contribution < -0.4 is 5.32 Å². The highest BCUT2D eigenvalue weighted by atomic mass is 32.1. The van der Waals surface area contributed by atoms with Gasteiger partial charge in [-0.1, -0.05) is 43.0 Å². The van der Waals surface area contributed by atoms with Gasteiger partial charge in [0.05, 0.1) is 0 Å². The number of hydrogen-bond donors (Lipinski definition) is 2. The third kappa shape index (κ3) is 6.36. The van der Waals surface area contributed by atoms with E-state index in [4.69, 9.17) is 0 Å². The summed E-state index contributed by atoms with van der Waals surface area (Å²) in [4.78, 5) is 37.6. The number of aromatic nitrogens is 1. The molecule has 2 amide bonds. The maximum Gasteiger partial charge on any atom is 0.255 e. The van der Waals surface area contributed by atoms with E-state index in [0.29, 0.717) is 16.3 Å². The van der Waals surface area contributed by atoms with Crippen LogP contribution in [0.3, 0.4) is 0 Å². The lowest BCUT2D eigenvalue weighted by atomic mass is 10.0. The zero-order valence-electron chi connectivity index (χ0n) is 24.3. The number of carbonyl (C=O) groups is 2. The number of amides is 2. The number of likely N-dealkylation sites (N-methyl/N-ethyl adjacent to an activating group) is 1. The molecule has 8 nitrogen and oxygen atoms in total. The molecule has 0 spiro atoms. The second kappa shape index (κ2) is 13.0. The number of fused-ring (bicyclic) bond motifs is 1. The summed E-state index contributed by atoms with van der Waals surface area (Å²) in [6.45, 7) is 8.39. The van der Waals surface area contributed by atoms with Gasteiger partial charge in [0.2, 0.25) is 0 Å². The van der Waals surface area contributed by atoms with E-state index in [9.17, 15) is 19.1 Å². The smallest absolute Gasteiger partial charge is 0.255 e. The second-order valence-electron chi connectivity index (χ2n) is 10.9. The van der Waals surface area contributed by atoms with Crippen LogP contribution in [0.5, 0.6) is 5.75 Å². The minimum absolute atomic E-state index is 0.00653. The maximum atomic E-state index is 14.3. The Hall–Kier alpha value is -4.56. The zero-order valence-corrected chi connectivity index (χ0v) is 25.1. The molecule has 3 heterocycles. The van der Waals surface area contributed by atoms with Gasteiger partial charge >= 0.3 is 0 Å². The summed E-state index contributed by atoms with van der Waals surface area (Å²) < 4.78 is 14.3. The SMILES string of the molecule is CCN1CCN(Cc2ccccc2C#Cc2ccc3c(c2)C(=O)N(C(C(=O)Nc2nccs2)c2cc(F)ccc2O)C3)CC1. The van der Waals surface area contributed by atoms with E-state index in [2.05, 4.69) is 44.9 Å². The number of piperazine rings is 1. The monoisotopic (exact) mass is 609 g/mol. The summed E-state index contributed by atoms with van der Waals surface area (Å²) in [6, 6.07) is 15.6. The van der Waals surface area contributed by atoms with Crippen LogP contribution in [0, 0.1) is 17.7 Å². The van der Waals surface area contributed by atoms with E-state index < -0.39 is 23.7 Å². The van der Waals surface area contributed by atoms with Crippen molar-refractivity contribution in [1.29, 1.82) is 0 Å². The molecule has 6 rings (SSSR count). The van der Waals surface area contributed by atoms with Crippen molar-refractivity contribution in [1.82, 2.24) is 19.7 Å². The molecule has 1 unspecified atom stereocenters. The molecule has 0 radical (unpaired) electrons. The molecule has 4 aromatic rings. The quantitative estimate of drug-likeness (QED) is 0.291. The molecule has 3 aromatic carbocycles. The molecule has 1 saturated heterocycles. The van der Waals surface area contributed by atoms with Gasteiger partial charge in [0.1, 0.15) is 17.6 Å². The number of thiazole rings is 1. The van der Waals surface area contributed by atoms with Gasteiger partial charge in [-0.3, -0.25) is 19.8 Å². The Balaban J connectivity index is 1.24. The highest BCUT2D eigenvalue weighted by molar-refractivity contribution is 7.13. The average Bonchev–Trinajstić information content (AvgIpc) is 3.66. The molecule has 2 N–H and O–H groups in total. The number of benzene rings is 3. The Morgan fingerprint density at radius 1 is 1.07 bits per heavy atom. The van der Waals surface area contributed by atoms with Crippen molar-refractivity contribution in [2.24, 2.45) is 0 Å². The number of aromatic hydroxyl groups is 1. The predicted molar refractivity (Wildman–Crippen MR) is 168 cm³/mol. The van der Waals surface area contributed by atoms with Gasteiger partial charge < -0.3 is 14.9 Å². The summed E-state index contributed by atoms with van der Waals surface area (Å²) in [5, 5.41) is 15.3. The van der Waals surface area contributed by atoms with E-state index in [-0.39, 0.29) is 17.9 Å². The lowest BCUT2D eigenvalue weighted by Gasteiger charge is -2.34. The Morgan fingerprint density at radius 3 is 2.64 bits per heavy atom. The normalized spacial score (nSPS) is 15.9. The molecule has 10 heteroatoms. The number of phenolic OH excluding ortho intramolecular Hbond substituents is 1. The van der Waals surface area contributed by atoms with Gasteiger partial charge in [0, 0.05) is 73.1 Å². The predicted octanol–water partition coefficient (Wildman–Crippen LogP) is 4.86. The number of halogens is 1. The molecule has 1 atom stereocenters. The highest BCUT2D eigenvalue weighted by Crippen LogP contribution is 2.36. The van der Waals surface area contributed by atoms with Crippen LogP contribution in [-0.4, -0.2) is 69.3 Å². The van der Waals surface area contributed by atoms with Crippen molar-refractivity contribution in [3.63, 3.8) is 0 Å². The topological polar surface area (TPSA) is 89.0 Å². The summed E-state index contributed by atoms with van der Waals surface area (Å²) in [5.41, 5.74) is 3.91. The number of rotatable bonds is 7. The number of nitrogens with one attached hydrogen (secondary N) is 1. The van der Waals surface area contributed by atoms with Crippen molar-refractivity contribution in [2.45, 2.75) is 26.1 Å². The third-order valence-corrected chi connectivity index (χ3v) is 8.80. The molecule has 44 heavy (non-hydrogen) atoms. The van der Waals surface area contributed by atoms with E-state index in [1.165, 1.54) is 22.3 Å². The largest absolute Gasteiger partial charge is 0.508 e. The zero-order chi connectivity index (χ0) is 30.6. The van der Waals surface area contributed by atoms with Gasteiger partial charge in [-0.2, -0.15) is 0 Å². The highest BCUT2D eigenvalue weighted by Gasteiger charge is 2.39. The van der Waals surface area contributed by atoms with Crippen molar-refractivity contribution >= 4 is 28.3 Å². The van der Waals surface area contributed by atoms with Gasteiger partial charge in [0.25, 0.3) is 11.8 Å². The minimum atomic E-state index is -1.28. The van der Waals surface area contributed by atoms with Crippen LogP contribution in [0.15, 0.2) is 72.2 Å². The van der Waals surface area contributed by atoms with Crippen LogP contribution >= 0.6 is 11.3 Å². The van der Waals surface area contributed by atoms with Gasteiger partial charge in [0.15, 0.2) is 5.13 Å². The Bertz CT molecular complexity index is 1740. The standard InChI is InChI=1S/C34H32FN5O3S/c1-2-38-14-16-39(17-15-38)21-25-6-4-3-5-24(25)9-7-23-8-10-26-22-40(33(43)28(26)19-23)31(29-20-27(35)11-12-30(29)41)32(42)37-34-36-13-18-44-34/h3-6,8,10-13,18-20,31,41H,2,14-17,21-22H2,1H3,(H,36,37,42). The molecule has 224 valence electrons. The number of phenols is 1. The van der Waals surface area contributed by atoms with E-state index in [1.807, 2.05) is 30.3 Å². The first-order chi connectivity index (χ1) is 21.4. The second-order valence-corrected chi connectivity index (χ2v) is 11.7. The summed E-state index contributed by atoms with van der Waals surface area (Å²) in [6.07, 6.45) is 1.54. The fourth-order valence-electron chi connectivity index (χ4n) is 5.69. The van der Waals surface area contributed by atoms with Gasteiger partial charge in [-0.05, 0) is 54.1 Å². The van der Waals surface area contributed by atoms with Crippen molar-refractivity contribution < 1.29 is 19.1 Å². The summed E-state index contributed by atoms with van der Waals surface area (Å²) >= 11 is 1.22. The molecular weight excluding hydrogens is 577 g/mol. The molecule has 0 bridgehead atoms. The van der Waals surface area contributed by atoms with Crippen LogP contribution in [0.25, 0.3) is 0 Å². The fourth-order valence-corrected chi connectivity index (χ4v) is 6.22. The number of carbonyl (C=O) groups excluding carboxylic acids is 2. The Labute approximate surface area is 259 Å². The van der Waals surface area contributed by atoms with Crippen molar-refractivity contribution in [2.75, 3.05) is 38.0 Å².